The van der Waals surface area contributed by atoms with Crippen LogP contribution < -0.4 is 15.8 Å². The smallest absolute Gasteiger partial charge is 0.220 e. The van der Waals surface area contributed by atoms with Gasteiger partial charge in [-0.15, -0.1) is 12.4 Å². The Balaban J connectivity index is 0.00000361. The van der Waals surface area contributed by atoms with Gasteiger partial charge in [0, 0.05) is 23.0 Å². The summed E-state index contributed by atoms with van der Waals surface area (Å²) < 4.78 is 6.54. The maximum Gasteiger partial charge on any atom is 0.220 e. The van der Waals surface area contributed by atoms with Crippen molar-refractivity contribution in [2.45, 2.75) is 32.2 Å². The molecule has 4 nitrogen and oxygen atoms in total. The van der Waals surface area contributed by atoms with E-state index in [1.165, 1.54) is 0 Å². The molecule has 3 N–H and O–H groups in total. The summed E-state index contributed by atoms with van der Waals surface area (Å²) in [5.74, 6) is 0.811. The average Bonchev–Trinajstić information content (AvgIpc) is 2.34. The monoisotopic (exact) mass is 364 g/mol. The molecule has 0 spiro atoms. The van der Waals surface area contributed by atoms with Crippen LogP contribution in [-0.2, 0) is 4.79 Å². The highest BCUT2D eigenvalue weighted by Crippen LogP contribution is 2.17. The topological polar surface area (TPSA) is 64.3 Å². The lowest BCUT2D eigenvalue weighted by Crippen LogP contribution is -2.48. The Bertz CT molecular complexity index is 427. The van der Waals surface area contributed by atoms with Crippen LogP contribution in [0.3, 0.4) is 0 Å². The van der Waals surface area contributed by atoms with E-state index in [0.717, 1.165) is 10.2 Å². The van der Waals surface area contributed by atoms with Crippen molar-refractivity contribution in [1.29, 1.82) is 0 Å². The van der Waals surface area contributed by atoms with Gasteiger partial charge in [-0.05, 0) is 38.5 Å². The molecule has 114 valence electrons. The number of carbonyl (C=O) groups is 1. The van der Waals surface area contributed by atoms with Gasteiger partial charge in [0.1, 0.15) is 5.75 Å². The quantitative estimate of drug-likeness (QED) is 0.730. The molecule has 0 saturated heterocycles. The van der Waals surface area contributed by atoms with Crippen LogP contribution in [0.1, 0.15) is 26.7 Å². The first kappa shape index (κ1) is 19.2. The fourth-order valence-electron chi connectivity index (χ4n) is 1.47. The van der Waals surface area contributed by atoms with Gasteiger partial charge in [0.2, 0.25) is 5.91 Å². The summed E-state index contributed by atoms with van der Waals surface area (Å²) in [5.41, 5.74) is 5.21. The SMILES string of the molecule is CC(C)(CN)NC(=O)CCCOc1cccc(Br)c1.Cl. The summed E-state index contributed by atoms with van der Waals surface area (Å²) in [6.07, 6.45) is 1.12. The third kappa shape index (κ3) is 7.72. The van der Waals surface area contributed by atoms with Crippen LogP contribution >= 0.6 is 28.3 Å². The number of nitrogens with two attached hydrogens (primary N) is 1. The number of hydrogen-bond donors (Lipinski definition) is 2. The van der Waals surface area contributed by atoms with Gasteiger partial charge >= 0.3 is 0 Å². The third-order valence-corrected chi connectivity index (χ3v) is 3.09. The van der Waals surface area contributed by atoms with Crippen LogP contribution in [0.25, 0.3) is 0 Å². The lowest BCUT2D eigenvalue weighted by molar-refractivity contribution is -0.122. The molecule has 1 aromatic rings. The summed E-state index contributed by atoms with van der Waals surface area (Å²) in [5, 5.41) is 2.89. The summed E-state index contributed by atoms with van der Waals surface area (Å²) in [7, 11) is 0. The van der Waals surface area contributed by atoms with E-state index in [1.54, 1.807) is 0 Å². The van der Waals surface area contributed by atoms with Gasteiger partial charge in [-0.2, -0.15) is 0 Å². The van der Waals surface area contributed by atoms with Gasteiger partial charge in [0.25, 0.3) is 0 Å². The Hall–Kier alpha value is -0.780. The lowest BCUT2D eigenvalue weighted by Gasteiger charge is -2.24. The molecule has 0 unspecified atom stereocenters. The van der Waals surface area contributed by atoms with Gasteiger partial charge in [0.05, 0.1) is 6.61 Å². The molecule has 0 saturated carbocycles. The largest absolute Gasteiger partial charge is 0.494 e. The molecule has 1 amide bonds. The summed E-state index contributed by atoms with van der Waals surface area (Å²) >= 11 is 3.38. The summed E-state index contributed by atoms with van der Waals surface area (Å²) in [4.78, 5) is 11.7. The van der Waals surface area contributed by atoms with Crippen molar-refractivity contribution in [1.82, 2.24) is 5.32 Å². The van der Waals surface area contributed by atoms with Crippen molar-refractivity contribution in [3.05, 3.63) is 28.7 Å². The molecule has 0 aliphatic rings. The molecular formula is C14H22BrClN2O2. The Morgan fingerprint density at radius 3 is 2.75 bits per heavy atom. The van der Waals surface area contributed by atoms with E-state index in [1.807, 2.05) is 38.1 Å². The van der Waals surface area contributed by atoms with Gasteiger partial charge in [-0.25, -0.2) is 0 Å². The second kappa shape index (κ2) is 9.21. The maximum absolute atomic E-state index is 11.7. The standard InChI is InChI=1S/C14H21BrN2O2.ClH/c1-14(2,10-16)17-13(18)7-4-8-19-12-6-3-5-11(15)9-12;/h3,5-6,9H,4,7-8,10,16H2,1-2H3,(H,17,18);1H. The van der Waals surface area contributed by atoms with E-state index in [-0.39, 0.29) is 23.9 Å². The number of hydrogen-bond acceptors (Lipinski definition) is 3. The number of amides is 1. The van der Waals surface area contributed by atoms with E-state index in [0.29, 0.717) is 26.0 Å². The second-order valence-corrected chi connectivity index (χ2v) is 5.96. The Kier molecular flexibility index (Phi) is 8.85. The Morgan fingerprint density at radius 2 is 2.15 bits per heavy atom. The summed E-state index contributed by atoms with van der Waals surface area (Å²) in [6.45, 7) is 4.76. The predicted molar refractivity (Wildman–Crippen MR) is 87.4 cm³/mol. The molecule has 0 atom stereocenters. The first-order valence-electron chi connectivity index (χ1n) is 6.32. The average molecular weight is 366 g/mol. The molecular weight excluding hydrogens is 344 g/mol. The Morgan fingerprint density at radius 1 is 1.45 bits per heavy atom. The Labute approximate surface area is 135 Å². The highest BCUT2D eigenvalue weighted by Gasteiger charge is 2.17. The van der Waals surface area contributed by atoms with Crippen molar-refractivity contribution >= 4 is 34.2 Å². The highest BCUT2D eigenvalue weighted by atomic mass is 79.9. The maximum atomic E-state index is 11.7. The fraction of sp³-hybridized carbons (Fsp3) is 0.500. The number of ether oxygens (including phenoxy) is 1. The molecule has 0 fully saturated rings. The molecule has 0 bridgehead atoms. The molecule has 1 rings (SSSR count). The molecule has 0 heterocycles. The molecule has 0 aliphatic heterocycles. The molecule has 0 aliphatic carbocycles. The van der Waals surface area contributed by atoms with Crippen molar-refractivity contribution in [2.75, 3.05) is 13.2 Å². The minimum atomic E-state index is -0.345. The number of halogens is 2. The zero-order chi connectivity index (χ0) is 14.3. The zero-order valence-corrected chi connectivity index (χ0v) is 14.2. The van der Waals surface area contributed by atoms with E-state index in [9.17, 15) is 4.79 Å². The van der Waals surface area contributed by atoms with Crippen LogP contribution in [0.4, 0.5) is 0 Å². The van der Waals surface area contributed by atoms with Crippen molar-refractivity contribution in [3.8, 4) is 5.75 Å². The van der Waals surface area contributed by atoms with Crippen LogP contribution in [0.2, 0.25) is 0 Å². The molecule has 0 aromatic heterocycles. The lowest BCUT2D eigenvalue weighted by atomic mass is 10.1. The third-order valence-electron chi connectivity index (χ3n) is 2.60. The highest BCUT2D eigenvalue weighted by molar-refractivity contribution is 9.10. The normalized spacial score (nSPS) is 10.6. The van der Waals surface area contributed by atoms with Crippen LogP contribution in [0.5, 0.6) is 5.75 Å². The van der Waals surface area contributed by atoms with Crippen LogP contribution in [0.15, 0.2) is 28.7 Å². The molecule has 20 heavy (non-hydrogen) atoms. The first-order valence-corrected chi connectivity index (χ1v) is 7.12. The molecule has 0 radical (unpaired) electrons. The minimum absolute atomic E-state index is 0. The predicted octanol–water partition coefficient (Wildman–Crippen LogP) is 2.88. The van der Waals surface area contributed by atoms with E-state index in [2.05, 4.69) is 21.2 Å². The zero-order valence-electron chi connectivity index (χ0n) is 11.8. The van der Waals surface area contributed by atoms with Crippen molar-refractivity contribution in [3.63, 3.8) is 0 Å². The number of rotatable bonds is 7. The van der Waals surface area contributed by atoms with Gasteiger partial charge in [-0.1, -0.05) is 22.0 Å². The molecule has 6 heteroatoms. The fourth-order valence-corrected chi connectivity index (χ4v) is 1.85. The minimum Gasteiger partial charge on any atom is -0.494 e. The molecule has 1 aromatic carbocycles. The van der Waals surface area contributed by atoms with Crippen molar-refractivity contribution in [2.24, 2.45) is 5.73 Å². The number of nitrogens with one attached hydrogen (secondary N) is 1. The van der Waals surface area contributed by atoms with Gasteiger partial charge < -0.3 is 15.8 Å². The number of benzene rings is 1. The van der Waals surface area contributed by atoms with E-state index >= 15 is 0 Å². The van der Waals surface area contributed by atoms with Gasteiger partial charge in [0.15, 0.2) is 0 Å². The number of carbonyl (C=O) groups excluding carboxylic acids is 1. The van der Waals surface area contributed by atoms with E-state index < -0.39 is 0 Å². The second-order valence-electron chi connectivity index (χ2n) is 5.05. The first-order chi connectivity index (χ1) is 8.93. The van der Waals surface area contributed by atoms with Crippen molar-refractivity contribution < 1.29 is 9.53 Å². The van der Waals surface area contributed by atoms with Crippen LogP contribution in [0, 0.1) is 0 Å². The summed E-state index contributed by atoms with van der Waals surface area (Å²) in [6, 6.07) is 7.64. The van der Waals surface area contributed by atoms with Gasteiger partial charge in [-0.3, -0.25) is 4.79 Å². The van der Waals surface area contributed by atoms with E-state index in [4.69, 9.17) is 10.5 Å². The van der Waals surface area contributed by atoms with Crippen LogP contribution in [-0.4, -0.2) is 24.6 Å².